The fraction of sp³-hybridized carbons (Fsp3) is 0.455. The molecule has 0 saturated carbocycles. The Hall–Kier alpha value is -2.76. The molecule has 1 saturated heterocycles. The maximum Gasteiger partial charge on any atom is 0.231 e. The Morgan fingerprint density at radius 1 is 1.25 bits per heavy atom. The summed E-state index contributed by atoms with van der Waals surface area (Å²) >= 11 is 0. The monoisotopic (exact) mass is 381 g/mol. The lowest BCUT2D eigenvalue weighted by molar-refractivity contribution is -0.137. The number of pyridine rings is 1. The average molecular weight is 381 g/mol. The van der Waals surface area contributed by atoms with Crippen LogP contribution in [0.1, 0.15) is 31.7 Å². The number of hydrogen-bond acceptors (Lipinski definition) is 5. The number of ether oxygens (including phenoxy) is 2. The number of nitrogens with zero attached hydrogens (tertiary/aromatic N) is 2. The molecular formula is C22H27N3O3. The van der Waals surface area contributed by atoms with Gasteiger partial charge in [-0.2, -0.15) is 0 Å². The quantitative estimate of drug-likeness (QED) is 0.744. The van der Waals surface area contributed by atoms with Gasteiger partial charge in [-0.05, 0) is 54.5 Å². The summed E-state index contributed by atoms with van der Waals surface area (Å²) in [5, 5.41) is 3.36. The van der Waals surface area contributed by atoms with Crippen molar-refractivity contribution in [2.24, 2.45) is 5.41 Å². The summed E-state index contributed by atoms with van der Waals surface area (Å²) in [6.07, 6.45) is 6.97. The van der Waals surface area contributed by atoms with Crippen molar-refractivity contribution in [3.8, 4) is 11.5 Å². The van der Waals surface area contributed by atoms with Gasteiger partial charge in [0.15, 0.2) is 11.5 Å². The van der Waals surface area contributed by atoms with Crippen LogP contribution in [0.2, 0.25) is 0 Å². The normalized spacial score (nSPS) is 21.0. The molecule has 6 heteroatoms. The third-order valence-corrected chi connectivity index (χ3v) is 5.53. The van der Waals surface area contributed by atoms with Gasteiger partial charge >= 0.3 is 0 Å². The molecule has 0 spiro atoms. The minimum atomic E-state index is 0.0817. The first-order valence-corrected chi connectivity index (χ1v) is 9.92. The molecule has 0 bridgehead atoms. The summed E-state index contributed by atoms with van der Waals surface area (Å²) in [6, 6.07) is 10.1. The number of fused-ring (bicyclic) bond motifs is 1. The number of anilines is 1. The van der Waals surface area contributed by atoms with E-state index >= 15 is 0 Å². The van der Waals surface area contributed by atoms with E-state index in [0.717, 1.165) is 56.1 Å². The summed E-state index contributed by atoms with van der Waals surface area (Å²) in [4.78, 5) is 18.5. The highest BCUT2D eigenvalue weighted by atomic mass is 16.7. The molecule has 1 aromatic heterocycles. The first-order chi connectivity index (χ1) is 13.6. The van der Waals surface area contributed by atoms with Gasteiger partial charge in [0.2, 0.25) is 12.7 Å². The molecule has 6 nitrogen and oxygen atoms in total. The number of nitrogens with one attached hydrogen (secondary N) is 1. The molecule has 148 valence electrons. The van der Waals surface area contributed by atoms with E-state index in [2.05, 4.69) is 29.4 Å². The Bertz CT molecular complexity index is 827. The van der Waals surface area contributed by atoms with Crippen molar-refractivity contribution in [3.05, 3.63) is 48.3 Å². The molecule has 3 heterocycles. The molecule has 1 amide bonds. The van der Waals surface area contributed by atoms with Crippen molar-refractivity contribution in [1.29, 1.82) is 0 Å². The number of piperidine rings is 1. The van der Waals surface area contributed by atoms with E-state index < -0.39 is 0 Å². The van der Waals surface area contributed by atoms with Crippen LogP contribution in [0, 0.1) is 5.41 Å². The molecule has 1 N–H and O–H groups in total. The maximum atomic E-state index is 12.4. The second kappa shape index (κ2) is 8.09. The van der Waals surface area contributed by atoms with Crippen molar-refractivity contribution in [1.82, 2.24) is 9.88 Å². The first kappa shape index (κ1) is 18.6. The Kier molecular flexibility index (Phi) is 5.37. The van der Waals surface area contributed by atoms with Gasteiger partial charge in [0.25, 0.3) is 0 Å². The molecule has 0 radical (unpaired) electrons. The largest absolute Gasteiger partial charge is 0.454 e. The zero-order valence-corrected chi connectivity index (χ0v) is 16.3. The zero-order chi connectivity index (χ0) is 19.4. The van der Waals surface area contributed by atoms with Crippen LogP contribution >= 0.6 is 0 Å². The van der Waals surface area contributed by atoms with Crippen molar-refractivity contribution >= 4 is 11.6 Å². The highest BCUT2D eigenvalue weighted by Gasteiger charge is 2.35. The molecule has 2 aromatic rings. The minimum Gasteiger partial charge on any atom is -0.454 e. The van der Waals surface area contributed by atoms with Crippen LogP contribution in [-0.4, -0.2) is 42.2 Å². The number of benzene rings is 1. The van der Waals surface area contributed by atoms with Crippen LogP contribution in [0.25, 0.3) is 0 Å². The number of likely N-dealkylation sites (tertiary alicyclic amines) is 1. The smallest absolute Gasteiger partial charge is 0.231 e. The van der Waals surface area contributed by atoms with Crippen LogP contribution in [0.5, 0.6) is 11.5 Å². The van der Waals surface area contributed by atoms with Crippen molar-refractivity contribution in [2.45, 2.75) is 32.6 Å². The highest BCUT2D eigenvalue weighted by Crippen LogP contribution is 2.37. The summed E-state index contributed by atoms with van der Waals surface area (Å²) in [5.41, 5.74) is 2.33. The molecule has 4 rings (SSSR count). The summed E-state index contributed by atoms with van der Waals surface area (Å²) in [6.45, 7) is 4.99. The van der Waals surface area contributed by atoms with Crippen LogP contribution in [0.4, 0.5) is 5.69 Å². The van der Waals surface area contributed by atoms with Gasteiger partial charge in [0.05, 0.1) is 5.69 Å². The third kappa shape index (κ3) is 4.38. The van der Waals surface area contributed by atoms with E-state index in [9.17, 15) is 4.79 Å². The SMILES string of the molecule is CC1(Cc2ccc3c(c2)OCO3)CCC(=O)N(CCCNc2cccnc2)C1. The van der Waals surface area contributed by atoms with Crippen LogP contribution in [-0.2, 0) is 11.2 Å². The van der Waals surface area contributed by atoms with Crippen molar-refractivity contribution < 1.29 is 14.3 Å². The average Bonchev–Trinajstić information content (AvgIpc) is 3.16. The van der Waals surface area contributed by atoms with E-state index in [0.29, 0.717) is 13.2 Å². The number of carbonyl (C=O) groups is 1. The number of hydrogen-bond donors (Lipinski definition) is 1. The molecule has 1 unspecified atom stereocenters. The van der Waals surface area contributed by atoms with Gasteiger partial charge in [-0.15, -0.1) is 0 Å². The fourth-order valence-corrected chi connectivity index (χ4v) is 4.06. The highest BCUT2D eigenvalue weighted by molar-refractivity contribution is 5.77. The molecule has 2 aliphatic rings. The predicted octanol–water partition coefficient (Wildman–Crippen LogP) is 3.48. The summed E-state index contributed by atoms with van der Waals surface area (Å²) in [7, 11) is 0. The summed E-state index contributed by atoms with van der Waals surface area (Å²) < 4.78 is 10.9. The molecule has 1 aromatic carbocycles. The fourth-order valence-electron chi connectivity index (χ4n) is 4.06. The second-order valence-electron chi connectivity index (χ2n) is 8.01. The molecule has 1 atom stereocenters. The number of rotatable bonds is 7. The Labute approximate surface area is 165 Å². The number of aromatic nitrogens is 1. The van der Waals surface area contributed by atoms with E-state index in [4.69, 9.17) is 9.47 Å². The Morgan fingerprint density at radius 3 is 3.00 bits per heavy atom. The second-order valence-corrected chi connectivity index (χ2v) is 8.01. The molecular weight excluding hydrogens is 354 g/mol. The van der Waals surface area contributed by atoms with Crippen molar-refractivity contribution in [2.75, 3.05) is 31.7 Å². The van der Waals surface area contributed by atoms with E-state index in [-0.39, 0.29) is 11.3 Å². The maximum absolute atomic E-state index is 12.4. The van der Waals surface area contributed by atoms with Crippen LogP contribution in [0.15, 0.2) is 42.7 Å². The lowest BCUT2D eigenvalue weighted by Crippen LogP contribution is -2.46. The zero-order valence-electron chi connectivity index (χ0n) is 16.3. The molecule has 2 aliphatic heterocycles. The van der Waals surface area contributed by atoms with Gasteiger partial charge in [-0.1, -0.05) is 13.0 Å². The van der Waals surface area contributed by atoms with Crippen molar-refractivity contribution in [3.63, 3.8) is 0 Å². The molecule has 28 heavy (non-hydrogen) atoms. The number of carbonyl (C=O) groups excluding carboxylic acids is 1. The van der Waals surface area contributed by atoms with Gasteiger partial charge in [0, 0.05) is 38.4 Å². The Morgan fingerprint density at radius 2 is 2.14 bits per heavy atom. The van der Waals surface area contributed by atoms with E-state index in [1.807, 2.05) is 29.3 Å². The standard InChI is InChI=1S/C22H27N3O3/c1-22(13-17-5-6-19-20(12-17)28-16-27-19)8-7-21(26)25(15-22)11-3-10-24-18-4-2-9-23-14-18/h2,4-6,9,12,14,24H,3,7-8,10-11,13,15-16H2,1H3. The lowest BCUT2D eigenvalue weighted by Gasteiger charge is -2.40. The minimum absolute atomic E-state index is 0.0817. The predicted molar refractivity (Wildman–Crippen MR) is 108 cm³/mol. The van der Waals surface area contributed by atoms with E-state index in [1.54, 1.807) is 6.20 Å². The van der Waals surface area contributed by atoms with Gasteiger partial charge in [-0.25, -0.2) is 0 Å². The lowest BCUT2D eigenvalue weighted by atomic mass is 9.76. The molecule has 0 aliphatic carbocycles. The summed E-state index contributed by atoms with van der Waals surface area (Å²) in [5.74, 6) is 1.91. The third-order valence-electron chi connectivity index (χ3n) is 5.53. The van der Waals surface area contributed by atoms with Crippen LogP contribution in [0.3, 0.4) is 0 Å². The van der Waals surface area contributed by atoms with Gasteiger partial charge < -0.3 is 19.7 Å². The number of amides is 1. The van der Waals surface area contributed by atoms with Gasteiger partial charge in [-0.3, -0.25) is 9.78 Å². The first-order valence-electron chi connectivity index (χ1n) is 9.92. The van der Waals surface area contributed by atoms with Crippen LogP contribution < -0.4 is 14.8 Å². The Balaban J connectivity index is 1.31. The molecule has 1 fully saturated rings. The topological polar surface area (TPSA) is 63.7 Å². The van der Waals surface area contributed by atoms with E-state index in [1.165, 1.54) is 5.56 Å². The van der Waals surface area contributed by atoms with Gasteiger partial charge in [0.1, 0.15) is 0 Å².